The van der Waals surface area contributed by atoms with E-state index in [2.05, 4.69) is 5.32 Å². The van der Waals surface area contributed by atoms with Crippen LogP contribution in [0.3, 0.4) is 0 Å². The number of piperidine rings is 1. The number of aromatic nitrogens is 2. The van der Waals surface area contributed by atoms with Crippen LogP contribution in [0.15, 0.2) is 40.1 Å². The maximum absolute atomic E-state index is 13.8. The van der Waals surface area contributed by atoms with Gasteiger partial charge in [-0.3, -0.25) is 19.1 Å². The molecule has 35 heavy (non-hydrogen) atoms. The first-order valence-corrected chi connectivity index (χ1v) is 11.7. The molecule has 10 nitrogen and oxygen atoms in total. The van der Waals surface area contributed by atoms with Crippen LogP contribution in [0.1, 0.15) is 42.6 Å². The van der Waals surface area contributed by atoms with Gasteiger partial charge in [0.05, 0.1) is 30.0 Å². The molecule has 1 aromatic carbocycles. The summed E-state index contributed by atoms with van der Waals surface area (Å²) < 4.78 is 26.6. The number of likely N-dealkylation sites (N-methyl/N-ethyl adjacent to an activating group) is 1. The lowest BCUT2D eigenvalue weighted by molar-refractivity contribution is -0.195. The van der Waals surface area contributed by atoms with Crippen LogP contribution in [-0.4, -0.2) is 76.6 Å². The number of hydrogen-bond acceptors (Lipinski definition) is 7. The molecular formula is C24H31FN4O6. The van der Waals surface area contributed by atoms with Gasteiger partial charge in [0.2, 0.25) is 5.82 Å². The molecule has 0 bridgehead atoms. The Labute approximate surface area is 201 Å². The molecule has 0 saturated carbocycles. The van der Waals surface area contributed by atoms with Crippen molar-refractivity contribution >= 4 is 5.91 Å². The molecule has 2 atom stereocenters. The van der Waals surface area contributed by atoms with Crippen molar-refractivity contribution in [2.45, 2.75) is 43.4 Å². The average molecular weight is 491 g/mol. The zero-order chi connectivity index (χ0) is 25.2. The predicted molar refractivity (Wildman–Crippen MR) is 125 cm³/mol. The van der Waals surface area contributed by atoms with Crippen LogP contribution in [0, 0.1) is 5.82 Å². The van der Waals surface area contributed by atoms with Gasteiger partial charge in [-0.2, -0.15) is 4.39 Å². The summed E-state index contributed by atoms with van der Waals surface area (Å²) in [5, 5.41) is 14.2. The van der Waals surface area contributed by atoms with Gasteiger partial charge in [0.1, 0.15) is 12.4 Å². The Morgan fingerprint density at radius 1 is 1.34 bits per heavy atom. The number of H-pyrrole nitrogens is 1. The summed E-state index contributed by atoms with van der Waals surface area (Å²) >= 11 is 0. The number of carbonyl (C=O) groups excluding carboxylic acids is 1. The molecule has 0 unspecified atom stereocenters. The third-order valence-corrected chi connectivity index (χ3v) is 6.87. The highest BCUT2D eigenvalue weighted by molar-refractivity contribution is 5.94. The van der Waals surface area contributed by atoms with Crippen molar-refractivity contribution in [1.29, 1.82) is 0 Å². The molecule has 1 aromatic heterocycles. The number of likely N-dealkylation sites (tertiary alicyclic amines) is 1. The number of aromatic amines is 1. The maximum atomic E-state index is 13.8. The minimum Gasteiger partial charge on any atom is -0.492 e. The van der Waals surface area contributed by atoms with Crippen LogP contribution in [0.4, 0.5) is 4.39 Å². The third-order valence-electron chi connectivity index (χ3n) is 6.87. The van der Waals surface area contributed by atoms with E-state index in [4.69, 9.17) is 9.47 Å². The van der Waals surface area contributed by atoms with E-state index < -0.39 is 34.3 Å². The fourth-order valence-electron chi connectivity index (χ4n) is 4.94. The van der Waals surface area contributed by atoms with Crippen molar-refractivity contribution in [2.75, 3.05) is 39.9 Å². The van der Waals surface area contributed by atoms with Gasteiger partial charge in [-0.1, -0.05) is 6.07 Å². The minimum atomic E-state index is -1.39. The van der Waals surface area contributed by atoms with Crippen LogP contribution < -0.4 is 21.3 Å². The summed E-state index contributed by atoms with van der Waals surface area (Å²) in [4.78, 5) is 40.3. The summed E-state index contributed by atoms with van der Waals surface area (Å²) in [5.74, 6) is -0.579. The van der Waals surface area contributed by atoms with Crippen LogP contribution in [0.5, 0.6) is 5.75 Å². The SMILES string of the molecule is CNCCOc1cccc(C(=O)N2CCC3(CC2)C[C@](C)(O)[C@@H](n2cc(F)c(=O)[nH]c2=O)CO3)c1. The van der Waals surface area contributed by atoms with Gasteiger partial charge >= 0.3 is 5.69 Å². The number of ether oxygens (including phenoxy) is 2. The Morgan fingerprint density at radius 2 is 2.09 bits per heavy atom. The lowest BCUT2D eigenvalue weighted by Crippen LogP contribution is -2.59. The number of aliphatic hydroxyl groups is 1. The second-order valence-corrected chi connectivity index (χ2v) is 9.46. The monoisotopic (exact) mass is 490 g/mol. The second kappa shape index (κ2) is 9.92. The van der Waals surface area contributed by atoms with E-state index in [9.17, 15) is 23.9 Å². The van der Waals surface area contributed by atoms with E-state index in [1.165, 1.54) is 0 Å². The van der Waals surface area contributed by atoms with Crippen molar-refractivity contribution in [1.82, 2.24) is 19.8 Å². The lowest BCUT2D eigenvalue weighted by Gasteiger charge is -2.51. The van der Waals surface area contributed by atoms with Gasteiger partial charge in [-0.05, 0) is 45.0 Å². The number of carbonyl (C=O) groups is 1. The first kappa shape index (κ1) is 25.1. The molecule has 4 rings (SSSR count). The van der Waals surface area contributed by atoms with E-state index >= 15 is 0 Å². The topological polar surface area (TPSA) is 126 Å². The largest absolute Gasteiger partial charge is 0.492 e. The highest BCUT2D eigenvalue weighted by Crippen LogP contribution is 2.43. The third kappa shape index (κ3) is 5.31. The Balaban J connectivity index is 1.41. The Kier molecular flexibility index (Phi) is 7.11. The number of rotatable bonds is 6. The summed E-state index contributed by atoms with van der Waals surface area (Å²) in [6.07, 6.45) is 2.03. The van der Waals surface area contributed by atoms with Crippen molar-refractivity contribution in [2.24, 2.45) is 0 Å². The molecule has 11 heteroatoms. The number of amides is 1. The number of benzene rings is 1. The van der Waals surface area contributed by atoms with Gasteiger partial charge < -0.3 is 24.8 Å². The van der Waals surface area contributed by atoms with E-state index in [0.717, 1.165) is 10.8 Å². The molecule has 2 fully saturated rings. The first-order chi connectivity index (χ1) is 16.6. The molecular weight excluding hydrogens is 459 g/mol. The van der Waals surface area contributed by atoms with Crippen LogP contribution in [0.25, 0.3) is 0 Å². The maximum Gasteiger partial charge on any atom is 0.328 e. The van der Waals surface area contributed by atoms with Crippen molar-refractivity contribution in [3.05, 3.63) is 62.7 Å². The minimum absolute atomic E-state index is 0.0294. The fraction of sp³-hybridized carbons (Fsp3) is 0.542. The normalized spacial score (nSPS) is 23.9. The highest BCUT2D eigenvalue weighted by atomic mass is 19.1. The van der Waals surface area contributed by atoms with Crippen LogP contribution in [-0.2, 0) is 4.74 Å². The first-order valence-electron chi connectivity index (χ1n) is 11.7. The number of nitrogens with one attached hydrogen (secondary N) is 2. The van der Waals surface area contributed by atoms with E-state index in [0.29, 0.717) is 50.4 Å². The number of hydrogen-bond donors (Lipinski definition) is 3. The Morgan fingerprint density at radius 3 is 2.77 bits per heavy atom. The zero-order valence-corrected chi connectivity index (χ0v) is 19.9. The van der Waals surface area contributed by atoms with E-state index in [1.54, 1.807) is 30.0 Å². The Hall–Kier alpha value is -3.02. The van der Waals surface area contributed by atoms with E-state index in [-0.39, 0.29) is 18.9 Å². The highest BCUT2D eigenvalue weighted by Gasteiger charge is 2.50. The molecule has 2 aromatic rings. The fourth-order valence-corrected chi connectivity index (χ4v) is 4.94. The molecule has 1 spiro atoms. The molecule has 3 heterocycles. The predicted octanol–water partition coefficient (Wildman–Crippen LogP) is 0.661. The molecule has 2 aliphatic heterocycles. The molecule has 1 amide bonds. The smallest absolute Gasteiger partial charge is 0.328 e. The molecule has 190 valence electrons. The van der Waals surface area contributed by atoms with Crippen molar-refractivity contribution in [3.8, 4) is 5.75 Å². The van der Waals surface area contributed by atoms with Gasteiger partial charge in [0.25, 0.3) is 11.5 Å². The zero-order valence-electron chi connectivity index (χ0n) is 19.9. The van der Waals surface area contributed by atoms with Gasteiger partial charge in [0, 0.05) is 31.6 Å². The number of halogens is 1. The van der Waals surface area contributed by atoms with Gasteiger partial charge in [0.15, 0.2) is 0 Å². The molecule has 2 aliphatic rings. The molecule has 3 N–H and O–H groups in total. The number of nitrogens with zero attached hydrogens (tertiary/aromatic N) is 2. The molecule has 0 radical (unpaired) electrons. The standard InChI is InChI=1S/C24H31FN4O6/c1-23(33)15-24(35-14-19(23)29-13-18(25)20(30)27-22(29)32)6-9-28(10-7-24)21(31)16-4-3-5-17(12-16)34-11-8-26-2/h3-5,12-13,19,26,33H,6-11,14-15H2,1-2H3,(H,27,30,32)/t19-,23-/m0/s1. The summed E-state index contributed by atoms with van der Waals surface area (Å²) in [6.45, 7) is 3.63. The summed E-state index contributed by atoms with van der Waals surface area (Å²) in [7, 11) is 1.84. The summed E-state index contributed by atoms with van der Waals surface area (Å²) in [5.41, 5.74) is -3.43. The molecule has 0 aliphatic carbocycles. The van der Waals surface area contributed by atoms with E-state index in [1.807, 2.05) is 18.1 Å². The Bertz CT molecular complexity index is 1190. The van der Waals surface area contributed by atoms with Crippen molar-refractivity contribution < 1.29 is 23.8 Å². The van der Waals surface area contributed by atoms with Crippen LogP contribution in [0.2, 0.25) is 0 Å². The van der Waals surface area contributed by atoms with Gasteiger partial charge in [-0.15, -0.1) is 0 Å². The summed E-state index contributed by atoms with van der Waals surface area (Å²) in [6, 6.07) is 6.22. The molecule has 2 saturated heterocycles. The second-order valence-electron chi connectivity index (χ2n) is 9.46. The van der Waals surface area contributed by atoms with Crippen LogP contribution >= 0.6 is 0 Å². The average Bonchev–Trinajstić information content (AvgIpc) is 2.82. The van der Waals surface area contributed by atoms with Crippen molar-refractivity contribution in [3.63, 3.8) is 0 Å². The lowest BCUT2D eigenvalue weighted by atomic mass is 9.75. The quantitative estimate of drug-likeness (QED) is 0.508. The van der Waals surface area contributed by atoms with Gasteiger partial charge in [-0.25, -0.2) is 4.79 Å².